The van der Waals surface area contributed by atoms with Crippen molar-refractivity contribution in [1.82, 2.24) is 4.90 Å². The second-order valence-corrected chi connectivity index (χ2v) is 6.46. The molecule has 23 heavy (non-hydrogen) atoms. The van der Waals surface area contributed by atoms with Crippen molar-refractivity contribution in [2.24, 2.45) is 11.8 Å². The second kappa shape index (κ2) is 8.09. The average Bonchev–Trinajstić information content (AvgIpc) is 2.52. The van der Waals surface area contributed by atoms with Crippen LogP contribution in [-0.2, 0) is 16.0 Å². The van der Waals surface area contributed by atoms with Crippen LogP contribution in [-0.4, -0.2) is 35.0 Å². The lowest BCUT2D eigenvalue weighted by Crippen LogP contribution is -2.43. The summed E-state index contributed by atoms with van der Waals surface area (Å²) in [5.41, 5.74) is 0.824. The Morgan fingerprint density at radius 3 is 2.91 bits per heavy atom. The fourth-order valence-corrected chi connectivity index (χ4v) is 3.24. The summed E-state index contributed by atoms with van der Waals surface area (Å²) >= 11 is 0. The molecule has 0 aromatic heterocycles. The van der Waals surface area contributed by atoms with Gasteiger partial charge in [0.05, 0.1) is 0 Å². The van der Waals surface area contributed by atoms with Gasteiger partial charge in [0.15, 0.2) is 0 Å². The molecule has 126 valence electrons. The smallest absolute Gasteiger partial charge is 0.303 e. The molecule has 1 aliphatic heterocycles. The van der Waals surface area contributed by atoms with Gasteiger partial charge in [-0.2, -0.15) is 0 Å². The number of hydrogen-bond donors (Lipinski definition) is 1. The molecule has 2 rings (SSSR count). The van der Waals surface area contributed by atoms with E-state index in [1.54, 1.807) is 6.07 Å². The van der Waals surface area contributed by atoms with Crippen molar-refractivity contribution in [3.8, 4) is 0 Å². The van der Waals surface area contributed by atoms with Crippen molar-refractivity contribution >= 4 is 11.9 Å². The van der Waals surface area contributed by atoms with E-state index in [1.807, 2.05) is 17.9 Å². The van der Waals surface area contributed by atoms with Crippen molar-refractivity contribution in [3.63, 3.8) is 0 Å². The van der Waals surface area contributed by atoms with Crippen molar-refractivity contribution < 1.29 is 19.1 Å². The van der Waals surface area contributed by atoms with Crippen molar-refractivity contribution in [2.75, 3.05) is 13.1 Å². The number of carboxylic acid groups (broad SMARTS) is 1. The molecule has 1 aromatic rings. The Morgan fingerprint density at radius 1 is 1.43 bits per heavy atom. The Balaban J connectivity index is 1.89. The fraction of sp³-hybridized carbons (Fsp3) is 0.556. The molecular weight excluding hydrogens is 297 g/mol. The molecule has 2 unspecified atom stereocenters. The number of hydrogen-bond acceptors (Lipinski definition) is 2. The monoisotopic (exact) mass is 321 g/mol. The molecule has 1 N–H and O–H groups in total. The maximum absolute atomic E-state index is 13.2. The largest absolute Gasteiger partial charge is 0.481 e. The van der Waals surface area contributed by atoms with Gasteiger partial charge in [-0.15, -0.1) is 0 Å². The Bertz CT molecular complexity index is 561. The van der Waals surface area contributed by atoms with Crippen LogP contribution in [0.5, 0.6) is 0 Å². The minimum atomic E-state index is -0.784. The molecule has 0 saturated carbocycles. The predicted octanol–water partition coefficient (Wildman–Crippen LogP) is 3.11. The van der Waals surface area contributed by atoms with E-state index in [1.165, 1.54) is 12.1 Å². The molecule has 4 nitrogen and oxygen atoms in total. The number of carbonyl (C=O) groups is 2. The number of piperidine rings is 1. The topological polar surface area (TPSA) is 57.6 Å². The summed E-state index contributed by atoms with van der Waals surface area (Å²) in [5.74, 6) is -0.920. The molecular formula is C18H24FNO3. The van der Waals surface area contributed by atoms with Crippen molar-refractivity contribution in [3.05, 3.63) is 35.6 Å². The Hall–Kier alpha value is -1.91. The molecule has 0 bridgehead atoms. The molecule has 0 aliphatic carbocycles. The van der Waals surface area contributed by atoms with Gasteiger partial charge < -0.3 is 10.0 Å². The van der Waals surface area contributed by atoms with E-state index < -0.39 is 5.97 Å². The van der Waals surface area contributed by atoms with Gasteiger partial charge in [0.2, 0.25) is 5.91 Å². The standard InChI is InChI=1S/C18H24FNO3/c1-13(10-15-4-2-6-16(19)11-15)18(23)20-9-3-5-14(12-20)7-8-17(21)22/h2,4,6,11,13-14H,3,5,7-10,12H2,1H3,(H,21,22). The van der Waals surface area contributed by atoms with Crippen LogP contribution in [0.25, 0.3) is 0 Å². The molecule has 2 atom stereocenters. The average molecular weight is 321 g/mol. The van der Waals surface area contributed by atoms with Gasteiger partial charge in [-0.25, -0.2) is 4.39 Å². The predicted molar refractivity (Wildman–Crippen MR) is 85.4 cm³/mol. The number of nitrogens with zero attached hydrogens (tertiary/aromatic N) is 1. The van der Waals surface area contributed by atoms with Gasteiger partial charge >= 0.3 is 5.97 Å². The maximum Gasteiger partial charge on any atom is 0.303 e. The molecule has 1 aromatic carbocycles. The molecule has 1 saturated heterocycles. The van der Waals surface area contributed by atoms with E-state index >= 15 is 0 Å². The first-order chi connectivity index (χ1) is 11.0. The van der Waals surface area contributed by atoms with Crippen LogP contribution in [0.15, 0.2) is 24.3 Å². The quantitative estimate of drug-likeness (QED) is 0.876. The van der Waals surface area contributed by atoms with E-state index in [2.05, 4.69) is 0 Å². The first kappa shape index (κ1) is 17.4. The highest BCUT2D eigenvalue weighted by Gasteiger charge is 2.27. The molecule has 1 fully saturated rings. The molecule has 1 amide bonds. The minimum absolute atomic E-state index is 0.0780. The highest BCUT2D eigenvalue weighted by atomic mass is 19.1. The minimum Gasteiger partial charge on any atom is -0.481 e. The van der Waals surface area contributed by atoms with Crippen LogP contribution in [0, 0.1) is 17.7 Å². The summed E-state index contributed by atoms with van der Waals surface area (Å²) in [5, 5.41) is 8.78. The van der Waals surface area contributed by atoms with E-state index in [0.717, 1.165) is 24.9 Å². The molecule has 5 heteroatoms. The summed E-state index contributed by atoms with van der Waals surface area (Å²) in [4.78, 5) is 25.1. The third-order valence-corrected chi connectivity index (χ3v) is 4.45. The van der Waals surface area contributed by atoms with Crippen LogP contribution in [0.3, 0.4) is 0 Å². The SMILES string of the molecule is CC(Cc1cccc(F)c1)C(=O)N1CCCC(CCC(=O)O)C1. The van der Waals surface area contributed by atoms with Crippen LogP contribution >= 0.6 is 0 Å². The fourth-order valence-electron chi connectivity index (χ4n) is 3.24. The summed E-state index contributed by atoms with van der Waals surface area (Å²) in [6.45, 7) is 3.24. The van der Waals surface area contributed by atoms with Crippen LogP contribution in [0.2, 0.25) is 0 Å². The summed E-state index contributed by atoms with van der Waals surface area (Å²) in [7, 11) is 0. The zero-order chi connectivity index (χ0) is 16.8. The van der Waals surface area contributed by atoms with E-state index in [9.17, 15) is 14.0 Å². The number of likely N-dealkylation sites (tertiary alicyclic amines) is 1. The number of carbonyl (C=O) groups excluding carboxylic acids is 1. The number of carboxylic acids is 1. The van der Waals surface area contributed by atoms with Gasteiger partial charge in [0.1, 0.15) is 5.82 Å². The highest BCUT2D eigenvalue weighted by Crippen LogP contribution is 2.23. The van der Waals surface area contributed by atoms with Gasteiger partial charge in [-0.1, -0.05) is 19.1 Å². The lowest BCUT2D eigenvalue weighted by Gasteiger charge is -2.34. The van der Waals surface area contributed by atoms with E-state index in [4.69, 9.17) is 5.11 Å². The van der Waals surface area contributed by atoms with Crippen molar-refractivity contribution in [2.45, 2.75) is 39.0 Å². The van der Waals surface area contributed by atoms with Gasteiger partial charge in [0.25, 0.3) is 0 Å². The second-order valence-electron chi connectivity index (χ2n) is 6.46. The zero-order valence-electron chi connectivity index (χ0n) is 13.5. The number of aliphatic carboxylic acids is 1. The summed E-state index contributed by atoms with van der Waals surface area (Å²) < 4.78 is 13.2. The lowest BCUT2D eigenvalue weighted by molar-refractivity contribution is -0.137. The Labute approximate surface area is 136 Å². The summed E-state index contributed by atoms with van der Waals surface area (Å²) in [6.07, 6.45) is 3.20. The Kier molecular flexibility index (Phi) is 6.13. The number of benzene rings is 1. The third-order valence-electron chi connectivity index (χ3n) is 4.45. The molecule has 0 radical (unpaired) electrons. The van der Waals surface area contributed by atoms with Crippen LogP contribution in [0.4, 0.5) is 4.39 Å². The number of rotatable bonds is 6. The van der Waals surface area contributed by atoms with Gasteiger partial charge in [-0.3, -0.25) is 9.59 Å². The zero-order valence-corrected chi connectivity index (χ0v) is 13.5. The number of amides is 1. The summed E-state index contributed by atoms with van der Waals surface area (Å²) in [6, 6.07) is 6.35. The van der Waals surface area contributed by atoms with Crippen LogP contribution in [0.1, 0.15) is 38.2 Å². The highest BCUT2D eigenvalue weighted by molar-refractivity contribution is 5.79. The van der Waals surface area contributed by atoms with Crippen molar-refractivity contribution in [1.29, 1.82) is 0 Å². The third kappa shape index (κ3) is 5.34. The first-order valence-electron chi connectivity index (χ1n) is 8.20. The lowest BCUT2D eigenvalue weighted by atomic mass is 9.91. The molecule has 0 spiro atoms. The van der Waals surface area contributed by atoms with Crippen LogP contribution < -0.4 is 0 Å². The normalized spacial score (nSPS) is 19.4. The van der Waals surface area contributed by atoms with E-state index in [-0.39, 0.29) is 30.0 Å². The van der Waals surface area contributed by atoms with Gasteiger partial charge in [-0.05, 0) is 49.3 Å². The Morgan fingerprint density at radius 2 is 2.22 bits per heavy atom. The van der Waals surface area contributed by atoms with Gasteiger partial charge in [0, 0.05) is 25.4 Å². The van der Waals surface area contributed by atoms with E-state index in [0.29, 0.717) is 19.4 Å². The molecule has 1 heterocycles. The first-order valence-corrected chi connectivity index (χ1v) is 8.20. The molecule has 1 aliphatic rings. The maximum atomic E-state index is 13.2. The number of halogens is 1.